The van der Waals surface area contributed by atoms with Crippen molar-refractivity contribution in [2.24, 2.45) is 0 Å². The number of hydrogen-bond donors (Lipinski definition) is 1. The predicted molar refractivity (Wildman–Crippen MR) is 42.1 cm³/mol. The van der Waals surface area contributed by atoms with E-state index in [-0.39, 0.29) is 12.0 Å². The van der Waals surface area contributed by atoms with E-state index in [0.717, 1.165) is 18.2 Å². The molecule has 1 atom stereocenters. The minimum Gasteiger partial charge on any atom is -0.385 e. The Balaban J connectivity index is 2.82. The molecule has 0 aliphatic heterocycles. The first kappa shape index (κ1) is 9.80. The summed E-state index contributed by atoms with van der Waals surface area (Å²) in [5, 5.41) is 8.88. The second-order valence-corrected chi connectivity index (χ2v) is 2.69. The van der Waals surface area contributed by atoms with Crippen LogP contribution in [0.1, 0.15) is 5.56 Å². The topological polar surface area (TPSA) is 37.3 Å². The zero-order chi connectivity index (χ0) is 9.84. The third-order valence-electron chi connectivity index (χ3n) is 1.52. The van der Waals surface area contributed by atoms with Crippen LogP contribution in [-0.2, 0) is 11.2 Å². The molecule has 0 fully saturated rings. The number of rotatable bonds is 3. The van der Waals surface area contributed by atoms with Crippen molar-refractivity contribution in [3.63, 3.8) is 0 Å². The van der Waals surface area contributed by atoms with Gasteiger partial charge in [-0.1, -0.05) is 0 Å². The molecule has 0 bridgehead atoms. The van der Waals surface area contributed by atoms with Crippen molar-refractivity contribution >= 4 is 6.29 Å². The van der Waals surface area contributed by atoms with Crippen molar-refractivity contribution in [1.29, 1.82) is 0 Å². The average molecular weight is 186 g/mol. The molecule has 0 aliphatic carbocycles. The Morgan fingerprint density at radius 2 is 1.85 bits per heavy atom. The van der Waals surface area contributed by atoms with Gasteiger partial charge in [0.05, 0.1) is 0 Å². The molecule has 1 unspecified atom stereocenters. The van der Waals surface area contributed by atoms with Gasteiger partial charge < -0.3 is 9.90 Å². The summed E-state index contributed by atoms with van der Waals surface area (Å²) in [7, 11) is 0. The van der Waals surface area contributed by atoms with Crippen LogP contribution in [0.25, 0.3) is 0 Å². The Labute approximate surface area is 73.8 Å². The van der Waals surface area contributed by atoms with Crippen LogP contribution in [0, 0.1) is 11.6 Å². The van der Waals surface area contributed by atoms with Crippen LogP contribution in [0.2, 0.25) is 0 Å². The van der Waals surface area contributed by atoms with E-state index in [0.29, 0.717) is 6.29 Å². The van der Waals surface area contributed by atoms with E-state index in [4.69, 9.17) is 5.11 Å². The lowest BCUT2D eigenvalue weighted by Crippen LogP contribution is -2.11. The Hall–Kier alpha value is -1.29. The highest BCUT2D eigenvalue weighted by molar-refractivity contribution is 5.56. The lowest BCUT2D eigenvalue weighted by atomic mass is 10.1. The first-order valence-corrected chi connectivity index (χ1v) is 3.70. The fourth-order valence-corrected chi connectivity index (χ4v) is 1.02. The lowest BCUT2D eigenvalue weighted by molar-refractivity contribution is -0.114. The lowest BCUT2D eigenvalue weighted by Gasteiger charge is -2.03. The molecule has 0 aliphatic rings. The first-order chi connectivity index (χ1) is 6.11. The standard InChI is InChI=1S/C9H8F2O2/c10-7-1-6(2-8(11)4-7)3-9(13)5-12/h1-2,4-5,9,13H,3H2. The van der Waals surface area contributed by atoms with Gasteiger partial charge in [0.2, 0.25) is 0 Å². The normalized spacial score (nSPS) is 12.5. The van der Waals surface area contributed by atoms with Crippen LogP contribution in [0.3, 0.4) is 0 Å². The molecule has 70 valence electrons. The molecule has 1 rings (SSSR count). The number of halogens is 2. The third-order valence-corrected chi connectivity index (χ3v) is 1.52. The second kappa shape index (κ2) is 4.09. The summed E-state index contributed by atoms with van der Waals surface area (Å²) in [5.74, 6) is -1.43. The first-order valence-electron chi connectivity index (χ1n) is 3.70. The van der Waals surface area contributed by atoms with Crippen LogP contribution < -0.4 is 0 Å². The maximum Gasteiger partial charge on any atom is 0.148 e. The van der Waals surface area contributed by atoms with Crippen LogP contribution >= 0.6 is 0 Å². The monoisotopic (exact) mass is 186 g/mol. The summed E-state index contributed by atoms with van der Waals surface area (Å²) in [4.78, 5) is 10.0. The second-order valence-electron chi connectivity index (χ2n) is 2.69. The number of carbonyl (C=O) groups excluding carboxylic acids is 1. The molecule has 1 aromatic carbocycles. The van der Waals surface area contributed by atoms with E-state index < -0.39 is 17.7 Å². The van der Waals surface area contributed by atoms with E-state index in [2.05, 4.69) is 0 Å². The Bertz CT molecular complexity index is 292. The van der Waals surface area contributed by atoms with E-state index in [1.165, 1.54) is 0 Å². The SMILES string of the molecule is O=CC(O)Cc1cc(F)cc(F)c1. The van der Waals surface area contributed by atoms with Gasteiger partial charge in [0.1, 0.15) is 24.0 Å². The van der Waals surface area contributed by atoms with Crippen molar-refractivity contribution in [2.75, 3.05) is 0 Å². The molecule has 0 amide bonds. The highest BCUT2D eigenvalue weighted by Crippen LogP contribution is 2.09. The van der Waals surface area contributed by atoms with E-state index in [1.54, 1.807) is 0 Å². The Kier molecular flexibility index (Phi) is 3.08. The minimum atomic E-state index is -1.21. The molecule has 0 heterocycles. The number of aliphatic hydroxyl groups is 1. The molecule has 1 N–H and O–H groups in total. The molecule has 0 saturated carbocycles. The molecule has 13 heavy (non-hydrogen) atoms. The Morgan fingerprint density at radius 3 is 2.31 bits per heavy atom. The molecular formula is C9H8F2O2. The van der Waals surface area contributed by atoms with Crippen LogP contribution in [0.5, 0.6) is 0 Å². The van der Waals surface area contributed by atoms with Crippen molar-refractivity contribution in [1.82, 2.24) is 0 Å². The summed E-state index contributed by atoms with van der Waals surface area (Å²) in [6.07, 6.45) is -0.956. The molecule has 0 radical (unpaired) electrons. The quantitative estimate of drug-likeness (QED) is 0.717. The van der Waals surface area contributed by atoms with E-state index >= 15 is 0 Å². The predicted octanol–water partition coefficient (Wildman–Crippen LogP) is 1.07. The molecular weight excluding hydrogens is 178 g/mol. The zero-order valence-corrected chi connectivity index (χ0v) is 6.71. The number of aldehydes is 1. The number of carbonyl (C=O) groups is 1. The van der Waals surface area contributed by atoms with E-state index in [9.17, 15) is 13.6 Å². The summed E-state index contributed by atoms with van der Waals surface area (Å²) in [6.45, 7) is 0. The molecule has 0 aromatic heterocycles. The van der Waals surface area contributed by atoms with Crippen molar-refractivity contribution in [3.05, 3.63) is 35.4 Å². The van der Waals surface area contributed by atoms with Crippen LogP contribution in [0.15, 0.2) is 18.2 Å². The van der Waals surface area contributed by atoms with Gasteiger partial charge in [-0.15, -0.1) is 0 Å². The smallest absolute Gasteiger partial charge is 0.148 e. The zero-order valence-electron chi connectivity index (χ0n) is 6.71. The van der Waals surface area contributed by atoms with Crippen LogP contribution in [0.4, 0.5) is 8.78 Å². The molecule has 1 aromatic rings. The fourth-order valence-electron chi connectivity index (χ4n) is 1.02. The molecule has 4 heteroatoms. The summed E-state index contributed by atoms with van der Waals surface area (Å²) >= 11 is 0. The van der Waals surface area contributed by atoms with Gasteiger partial charge in [-0.3, -0.25) is 0 Å². The van der Waals surface area contributed by atoms with Gasteiger partial charge in [0.25, 0.3) is 0 Å². The number of benzene rings is 1. The number of hydrogen-bond acceptors (Lipinski definition) is 2. The third kappa shape index (κ3) is 2.91. The van der Waals surface area contributed by atoms with Crippen molar-refractivity contribution < 1.29 is 18.7 Å². The molecule has 2 nitrogen and oxygen atoms in total. The van der Waals surface area contributed by atoms with E-state index in [1.807, 2.05) is 0 Å². The van der Waals surface area contributed by atoms with Crippen molar-refractivity contribution in [2.45, 2.75) is 12.5 Å². The van der Waals surface area contributed by atoms with Gasteiger partial charge in [-0.05, 0) is 17.7 Å². The van der Waals surface area contributed by atoms with Gasteiger partial charge in [-0.2, -0.15) is 0 Å². The van der Waals surface area contributed by atoms with Gasteiger partial charge in [0.15, 0.2) is 0 Å². The summed E-state index contributed by atoms with van der Waals surface area (Å²) in [6, 6.07) is 2.89. The van der Waals surface area contributed by atoms with Crippen molar-refractivity contribution in [3.8, 4) is 0 Å². The van der Waals surface area contributed by atoms with Crippen LogP contribution in [-0.4, -0.2) is 17.5 Å². The van der Waals surface area contributed by atoms with Gasteiger partial charge in [-0.25, -0.2) is 8.78 Å². The van der Waals surface area contributed by atoms with Gasteiger partial charge in [0, 0.05) is 12.5 Å². The fraction of sp³-hybridized carbons (Fsp3) is 0.222. The summed E-state index contributed by atoms with van der Waals surface area (Å²) in [5.41, 5.74) is 0.261. The highest BCUT2D eigenvalue weighted by atomic mass is 19.1. The van der Waals surface area contributed by atoms with Gasteiger partial charge >= 0.3 is 0 Å². The summed E-state index contributed by atoms with van der Waals surface area (Å²) < 4.78 is 25.1. The number of aliphatic hydroxyl groups excluding tert-OH is 1. The molecule has 0 saturated heterocycles. The largest absolute Gasteiger partial charge is 0.385 e. The Morgan fingerprint density at radius 1 is 1.31 bits per heavy atom. The minimum absolute atomic E-state index is 0.0713. The maximum atomic E-state index is 12.6. The highest BCUT2D eigenvalue weighted by Gasteiger charge is 2.06. The molecule has 0 spiro atoms. The average Bonchev–Trinajstić information content (AvgIpc) is 2.02. The maximum absolute atomic E-state index is 12.6.